The van der Waals surface area contributed by atoms with Crippen LogP contribution in [0.15, 0.2) is 48.5 Å². The zero-order valence-corrected chi connectivity index (χ0v) is 19.1. The molecule has 0 fully saturated rings. The van der Waals surface area contributed by atoms with Gasteiger partial charge in [-0.05, 0) is 37.0 Å². The maximum atomic E-state index is 12.8. The lowest BCUT2D eigenvalue weighted by Gasteiger charge is -2.20. The number of hydrogen-bond acceptors (Lipinski definition) is 4. The number of rotatable bonds is 6. The number of carbonyl (C=O) groups is 3. The monoisotopic (exact) mass is 457 g/mol. The smallest absolute Gasteiger partial charge is 0.281 e. The van der Waals surface area contributed by atoms with Gasteiger partial charge in [0.05, 0.1) is 5.02 Å². The number of fused-ring (bicyclic) bond motifs is 1. The summed E-state index contributed by atoms with van der Waals surface area (Å²) in [5.74, 6) is -1.19. The first kappa shape index (κ1) is 22.8. The summed E-state index contributed by atoms with van der Waals surface area (Å²) in [6, 6.07) is 13.8. The normalized spacial score (nSPS) is 11.9. The summed E-state index contributed by atoms with van der Waals surface area (Å²) >= 11 is 7.58. The molecule has 0 saturated heterocycles. The maximum absolute atomic E-state index is 12.8. The van der Waals surface area contributed by atoms with Crippen molar-refractivity contribution in [2.45, 2.75) is 33.2 Å². The van der Waals surface area contributed by atoms with Crippen molar-refractivity contribution < 1.29 is 14.4 Å². The minimum Gasteiger partial charge on any atom is -0.340 e. The van der Waals surface area contributed by atoms with E-state index < -0.39 is 17.9 Å². The predicted molar refractivity (Wildman–Crippen MR) is 124 cm³/mol. The van der Waals surface area contributed by atoms with Gasteiger partial charge in [-0.25, -0.2) is 0 Å². The molecule has 0 aliphatic carbocycles. The summed E-state index contributed by atoms with van der Waals surface area (Å²) in [5.41, 5.74) is 6.16. The molecule has 31 heavy (non-hydrogen) atoms. The van der Waals surface area contributed by atoms with Gasteiger partial charge >= 0.3 is 0 Å². The molecule has 1 heterocycles. The van der Waals surface area contributed by atoms with E-state index in [-0.39, 0.29) is 11.8 Å². The standard InChI is InChI=1S/C23H24ClN3O3S/c1-13(2)12-17(25-21(28)15-9-5-4-8-14(15)3)22(29)26-27-23(30)20-19(24)16-10-6-7-11-18(16)31-20/h4-11,13,17H,12H2,1-3H3,(H,25,28)(H,26,29)(H,27,30)/t17-/m0/s1. The molecule has 2 aromatic carbocycles. The Labute approximate surface area is 190 Å². The summed E-state index contributed by atoms with van der Waals surface area (Å²) in [6.07, 6.45) is 0.420. The van der Waals surface area contributed by atoms with Gasteiger partial charge in [-0.3, -0.25) is 25.2 Å². The lowest BCUT2D eigenvalue weighted by Crippen LogP contribution is -2.52. The minimum atomic E-state index is -0.801. The molecule has 3 aromatic rings. The van der Waals surface area contributed by atoms with Gasteiger partial charge in [0.25, 0.3) is 17.7 Å². The van der Waals surface area contributed by atoms with Gasteiger partial charge in [0, 0.05) is 15.6 Å². The number of carbonyl (C=O) groups excluding carboxylic acids is 3. The van der Waals surface area contributed by atoms with Gasteiger partial charge in [0.1, 0.15) is 10.9 Å². The van der Waals surface area contributed by atoms with Crippen LogP contribution in [-0.4, -0.2) is 23.8 Å². The summed E-state index contributed by atoms with van der Waals surface area (Å²) in [4.78, 5) is 38.3. The predicted octanol–water partition coefficient (Wildman–Crippen LogP) is 4.47. The highest BCUT2D eigenvalue weighted by atomic mass is 35.5. The van der Waals surface area contributed by atoms with Crippen LogP contribution in [0.5, 0.6) is 0 Å². The molecule has 0 unspecified atom stereocenters. The van der Waals surface area contributed by atoms with Crippen LogP contribution in [0.1, 0.15) is 45.9 Å². The van der Waals surface area contributed by atoms with E-state index in [1.807, 2.05) is 57.2 Å². The number of benzene rings is 2. The first-order valence-electron chi connectivity index (χ1n) is 9.91. The molecule has 6 nitrogen and oxygen atoms in total. The molecule has 3 rings (SSSR count). The minimum absolute atomic E-state index is 0.153. The maximum Gasteiger partial charge on any atom is 0.281 e. The van der Waals surface area contributed by atoms with Gasteiger partial charge in [-0.1, -0.05) is 61.8 Å². The summed E-state index contributed by atoms with van der Waals surface area (Å²) in [5, 5.41) is 3.91. The van der Waals surface area contributed by atoms with Crippen LogP contribution in [0.3, 0.4) is 0 Å². The first-order chi connectivity index (χ1) is 14.8. The van der Waals surface area contributed by atoms with Crippen molar-refractivity contribution in [2.24, 2.45) is 5.92 Å². The van der Waals surface area contributed by atoms with Gasteiger partial charge in [0.2, 0.25) is 0 Å². The van der Waals surface area contributed by atoms with E-state index in [0.717, 1.165) is 15.6 Å². The summed E-state index contributed by atoms with van der Waals surface area (Å²) in [6.45, 7) is 5.74. The molecule has 1 aromatic heterocycles. The number of aryl methyl sites for hydroxylation is 1. The quantitative estimate of drug-likeness (QED) is 0.477. The van der Waals surface area contributed by atoms with Crippen LogP contribution in [0, 0.1) is 12.8 Å². The van der Waals surface area contributed by atoms with Crippen molar-refractivity contribution >= 4 is 50.7 Å². The zero-order valence-electron chi connectivity index (χ0n) is 17.5. The van der Waals surface area contributed by atoms with Gasteiger partial charge in [-0.2, -0.15) is 0 Å². The third-order valence-electron chi connectivity index (χ3n) is 4.76. The number of amides is 3. The van der Waals surface area contributed by atoms with E-state index >= 15 is 0 Å². The highest BCUT2D eigenvalue weighted by Crippen LogP contribution is 2.34. The molecule has 0 radical (unpaired) electrons. The van der Waals surface area contributed by atoms with E-state index in [4.69, 9.17) is 11.6 Å². The average molecular weight is 458 g/mol. The lowest BCUT2D eigenvalue weighted by molar-refractivity contribution is -0.124. The largest absolute Gasteiger partial charge is 0.340 e. The van der Waals surface area contributed by atoms with Crippen LogP contribution in [0.4, 0.5) is 0 Å². The Bertz CT molecular complexity index is 1130. The topological polar surface area (TPSA) is 87.3 Å². The fraction of sp³-hybridized carbons (Fsp3) is 0.261. The lowest BCUT2D eigenvalue weighted by atomic mass is 10.0. The number of hydrogen-bond donors (Lipinski definition) is 3. The molecule has 3 N–H and O–H groups in total. The second-order valence-corrected chi connectivity index (χ2v) is 9.09. The molecule has 0 aliphatic rings. The van der Waals surface area contributed by atoms with E-state index in [0.29, 0.717) is 21.9 Å². The van der Waals surface area contributed by atoms with Crippen molar-refractivity contribution in [3.05, 3.63) is 69.6 Å². The van der Waals surface area contributed by atoms with Crippen LogP contribution >= 0.6 is 22.9 Å². The second-order valence-electron chi connectivity index (χ2n) is 7.66. The molecule has 0 bridgehead atoms. The van der Waals surface area contributed by atoms with E-state index in [1.165, 1.54) is 11.3 Å². The van der Waals surface area contributed by atoms with Gasteiger partial charge in [-0.15, -0.1) is 11.3 Å². The number of thiophene rings is 1. The van der Waals surface area contributed by atoms with Crippen LogP contribution < -0.4 is 16.2 Å². The second kappa shape index (κ2) is 9.94. The Kier molecular flexibility index (Phi) is 7.30. The number of hydrazine groups is 1. The van der Waals surface area contributed by atoms with Gasteiger partial charge < -0.3 is 5.32 Å². The fourth-order valence-electron chi connectivity index (χ4n) is 3.19. The van der Waals surface area contributed by atoms with Crippen LogP contribution in [-0.2, 0) is 4.79 Å². The van der Waals surface area contributed by atoms with E-state index in [1.54, 1.807) is 12.1 Å². The molecule has 0 spiro atoms. The van der Waals surface area contributed by atoms with Gasteiger partial charge in [0.15, 0.2) is 0 Å². The highest BCUT2D eigenvalue weighted by Gasteiger charge is 2.24. The molecule has 162 valence electrons. The Morgan fingerprint density at radius 1 is 0.968 bits per heavy atom. The first-order valence-corrected chi connectivity index (χ1v) is 11.1. The molecule has 0 saturated carbocycles. The molecular weight excluding hydrogens is 434 g/mol. The molecule has 0 aliphatic heterocycles. The molecular formula is C23H24ClN3O3S. The molecule has 3 amide bonds. The number of halogens is 1. The van der Waals surface area contributed by atoms with Crippen molar-refractivity contribution in [3.8, 4) is 0 Å². The fourth-order valence-corrected chi connectivity index (χ4v) is 4.60. The SMILES string of the molecule is Cc1ccccc1C(=O)N[C@@H](CC(C)C)C(=O)NNC(=O)c1sc2ccccc2c1Cl. The Balaban J connectivity index is 1.68. The van der Waals surface area contributed by atoms with Crippen molar-refractivity contribution in [3.63, 3.8) is 0 Å². The van der Waals surface area contributed by atoms with Crippen molar-refractivity contribution in [1.82, 2.24) is 16.2 Å². The van der Waals surface area contributed by atoms with Crippen LogP contribution in [0.25, 0.3) is 10.1 Å². The highest BCUT2D eigenvalue weighted by molar-refractivity contribution is 7.21. The average Bonchev–Trinajstić information content (AvgIpc) is 3.08. The Hall–Kier alpha value is -2.90. The molecule has 1 atom stereocenters. The third kappa shape index (κ3) is 5.42. The summed E-state index contributed by atoms with van der Waals surface area (Å²) < 4.78 is 0.882. The van der Waals surface area contributed by atoms with E-state index in [9.17, 15) is 14.4 Å². The third-order valence-corrected chi connectivity index (χ3v) is 6.43. The zero-order chi connectivity index (χ0) is 22.5. The summed E-state index contributed by atoms with van der Waals surface area (Å²) in [7, 11) is 0. The number of nitrogens with one attached hydrogen (secondary N) is 3. The van der Waals surface area contributed by atoms with Crippen LogP contribution in [0.2, 0.25) is 5.02 Å². The molecule has 8 heteroatoms. The van der Waals surface area contributed by atoms with Crippen molar-refractivity contribution in [2.75, 3.05) is 0 Å². The van der Waals surface area contributed by atoms with E-state index in [2.05, 4.69) is 16.2 Å². The Morgan fingerprint density at radius 3 is 2.32 bits per heavy atom. The van der Waals surface area contributed by atoms with Crippen molar-refractivity contribution in [1.29, 1.82) is 0 Å². The Morgan fingerprint density at radius 2 is 1.65 bits per heavy atom.